The van der Waals surface area contributed by atoms with E-state index in [1.54, 1.807) is 78.9 Å². The predicted octanol–water partition coefficient (Wildman–Crippen LogP) is 3.74. The molecule has 128 valence electrons. The van der Waals surface area contributed by atoms with Crippen molar-refractivity contribution >= 4 is 29.6 Å². The third-order valence-corrected chi connectivity index (χ3v) is 3.79. The van der Waals surface area contributed by atoms with Crippen molar-refractivity contribution < 1.29 is 14.4 Å². The molecule has 0 radical (unpaired) electrons. The van der Waals surface area contributed by atoms with Gasteiger partial charge in [-0.15, -0.1) is 0 Å². The maximum absolute atomic E-state index is 12.7. The van der Waals surface area contributed by atoms with E-state index in [9.17, 15) is 14.4 Å². The number of amides is 3. The smallest absolute Gasteiger partial charge is 0.264 e. The molecule has 0 atom stereocenters. The zero-order valence-electron chi connectivity index (χ0n) is 13.8. The highest BCUT2D eigenvalue weighted by Gasteiger charge is 2.20. The third kappa shape index (κ3) is 3.67. The number of benzene rings is 3. The molecule has 0 fully saturated rings. The Kier molecular flexibility index (Phi) is 5.19. The number of imide groups is 1. The van der Waals surface area contributed by atoms with Gasteiger partial charge < -0.3 is 5.32 Å². The molecule has 0 bridgehead atoms. The number of anilines is 2. The largest absolute Gasteiger partial charge is 0.320 e. The van der Waals surface area contributed by atoms with Gasteiger partial charge in [0.05, 0.1) is 11.4 Å². The second kappa shape index (κ2) is 7.90. The first-order chi connectivity index (χ1) is 12.7. The summed E-state index contributed by atoms with van der Waals surface area (Å²) in [5.41, 5.74) is 1.54. The molecule has 0 aliphatic carbocycles. The van der Waals surface area contributed by atoms with E-state index < -0.39 is 5.91 Å². The average molecular weight is 344 g/mol. The molecule has 3 rings (SSSR count). The van der Waals surface area contributed by atoms with Crippen LogP contribution in [0.15, 0.2) is 84.9 Å². The molecule has 0 unspecified atom stereocenters. The van der Waals surface area contributed by atoms with E-state index in [4.69, 9.17) is 0 Å². The van der Waals surface area contributed by atoms with Crippen LogP contribution in [-0.2, 0) is 4.79 Å². The number of rotatable bonds is 5. The lowest BCUT2D eigenvalue weighted by molar-refractivity contribution is -0.106. The minimum Gasteiger partial charge on any atom is -0.320 e. The first-order valence-electron chi connectivity index (χ1n) is 8.00. The summed E-state index contributed by atoms with van der Waals surface area (Å²) in [6, 6.07) is 23.9. The summed E-state index contributed by atoms with van der Waals surface area (Å²) in [5.74, 6) is -0.793. The Labute approximate surface area is 150 Å². The Morgan fingerprint density at radius 2 is 1.27 bits per heavy atom. The zero-order valence-corrected chi connectivity index (χ0v) is 13.8. The first kappa shape index (κ1) is 17.1. The molecule has 0 saturated heterocycles. The van der Waals surface area contributed by atoms with Gasteiger partial charge in [0, 0.05) is 11.1 Å². The van der Waals surface area contributed by atoms with Gasteiger partial charge >= 0.3 is 0 Å². The van der Waals surface area contributed by atoms with Crippen molar-refractivity contribution in [2.75, 3.05) is 10.2 Å². The van der Waals surface area contributed by atoms with Crippen LogP contribution in [0.2, 0.25) is 0 Å². The number of hydrogen-bond acceptors (Lipinski definition) is 3. The Bertz CT molecular complexity index is 924. The minimum absolute atomic E-state index is 0.306. The summed E-state index contributed by atoms with van der Waals surface area (Å²) in [5, 5.41) is 2.76. The lowest BCUT2D eigenvalue weighted by Gasteiger charge is -2.19. The van der Waals surface area contributed by atoms with Gasteiger partial charge in [0.2, 0.25) is 6.41 Å². The fourth-order valence-corrected chi connectivity index (χ4v) is 2.51. The highest BCUT2D eigenvalue weighted by molar-refractivity contribution is 6.18. The molecule has 0 spiro atoms. The molecule has 3 aromatic rings. The second-order valence-corrected chi connectivity index (χ2v) is 5.48. The Hall–Kier alpha value is -3.73. The first-order valence-corrected chi connectivity index (χ1v) is 8.00. The molecular formula is C21H16N2O3. The molecule has 1 N–H and O–H groups in total. The van der Waals surface area contributed by atoms with E-state index >= 15 is 0 Å². The Morgan fingerprint density at radius 1 is 0.731 bits per heavy atom. The minimum atomic E-state index is -0.470. The summed E-state index contributed by atoms with van der Waals surface area (Å²) in [6.07, 6.45) is 0.447. The van der Waals surface area contributed by atoms with Gasteiger partial charge in [0.15, 0.2) is 0 Å². The van der Waals surface area contributed by atoms with Crippen molar-refractivity contribution in [3.63, 3.8) is 0 Å². The summed E-state index contributed by atoms with van der Waals surface area (Å²) in [7, 11) is 0. The maximum Gasteiger partial charge on any atom is 0.264 e. The second-order valence-electron chi connectivity index (χ2n) is 5.48. The summed E-state index contributed by atoms with van der Waals surface area (Å²) >= 11 is 0. The number of hydrogen-bond donors (Lipinski definition) is 1. The van der Waals surface area contributed by atoms with Crippen molar-refractivity contribution in [3.05, 3.63) is 96.1 Å². The van der Waals surface area contributed by atoms with Crippen LogP contribution in [-0.4, -0.2) is 18.2 Å². The van der Waals surface area contributed by atoms with Crippen molar-refractivity contribution in [1.82, 2.24) is 0 Å². The predicted molar refractivity (Wildman–Crippen MR) is 100 cm³/mol. The molecule has 5 nitrogen and oxygen atoms in total. The Balaban J connectivity index is 1.91. The van der Waals surface area contributed by atoms with Gasteiger partial charge in [0.1, 0.15) is 0 Å². The van der Waals surface area contributed by atoms with Gasteiger partial charge in [-0.25, -0.2) is 4.90 Å². The number of carbonyl (C=O) groups is 3. The number of nitrogens with zero attached hydrogens (tertiary/aromatic N) is 1. The van der Waals surface area contributed by atoms with Gasteiger partial charge in [0.25, 0.3) is 11.8 Å². The molecular weight excluding hydrogens is 328 g/mol. The topological polar surface area (TPSA) is 66.5 Å². The molecule has 3 amide bonds. The lowest BCUT2D eigenvalue weighted by Crippen LogP contribution is -2.30. The summed E-state index contributed by atoms with van der Waals surface area (Å²) < 4.78 is 0. The summed E-state index contributed by atoms with van der Waals surface area (Å²) in [4.78, 5) is 37.7. The quantitative estimate of drug-likeness (QED) is 0.717. The molecule has 0 aliphatic heterocycles. The average Bonchev–Trinajstić information content (AvgIpc) is 2.71. The molecule has 5 heteroatoms. The Morgan fingerprint density at radius 3 is 1.88 bits per heavy atom. The van der Waals surface area contributed by atoms with Crippen LogP contribution < -0.4 is 10.2 Å². The van der Waals surface area contributed by atoms with E-state index in [0.29, 0.717) is 28.9 Å². The van der Waals surface area contributed by atoms with Gasteiger partial charge in [-0.1, -0.05) is 48.5 Å². The van der Waals surface area contributed by atoms with E-state index in [1.807, 2.05) is 6.07 Å². The van der Waals surface area contributed by atoms with Crippen molar-refractivity contribution in [3.8, 4) is 0 Å². The van der Waals surface area contributed by atoms with Crippen LogP contribution in [0.1, 0.15) is 20.7 Å². The standard InChI is InChI=1S/C21H16N2O3/c24-15-23(21(26)17-11-5-2-6-12-17)19-14-8-7-13-18(19)22-20(25)16-9-3-1-4-10-16/h1-15H,(H,22,25). The maximum atomic E-state index is 12.7. The van der Waals surface area contributed by atoms with Crippen LogP contribution in [0.3, 0.4) is 0 Å². The zero-order chi connectivity index (χ0) is 18.4. The molecule has 0 heterocycles. The van der Waals surface area contributed by atoms with Gasteiger partial charge in [-0.05, 0) is 36.4 Å². The van der Waals surface area contributed by atoms with Crippen LogP contribution in [0.5, 0.6) is 0 Å². The van der Waals surface area contributed by atoms with Gasteiger partial charge in [-0.3, -0.25) is 14.4 Å². The molecule has 0 saturated carbocycles. The fourth-order valence-electron chi connectivity index (χ4n) is 2.51. The van der Waals surface area contributed by atoms with Crippen LogP contribution >= 0.6 is 0 Å². The monoisotopic (exact) mass is 344 g/mol. The molecule has 0 aromatic heterocycles. The van der Waals surface area contributed by atoms with E-state index in [1.165, 1.54) is 0 Å². The van der Waals surface area contributed by atoms with Crippen LogP contribution in [0.25, 0.3) is 0 Å². The lowest BCUT2D eigenvalue weighted by atomic mass is 10.1. The van der Waals surface area contributed by atoms with Crippen molar-refractivity contribution in [2.24, 2.45) is 0 Å². The number of nitrogens with one attached hydrogen (secondary N) is 1. The summed E-state index contributed by atoms with van der Waals surface area (Å²) in [6.45, 7) is 0. The van der Waals surface area contributed by atoms with E-state index in [-0.39, 0.29) is 5.91 Å². The van der Waals surface area contributed by atoms with Crippen molar-refractivity contribution in [2.45, 2.75) is 0 Å². The third-order valence-electron chi connectivity index (χ3n) is 3.79. The van der Waals surface area contributed by atoms with Gasteiger partial charge in [-0.2, -0.15) is 0 Å². The highest BCUT2D eigenvalue weighted by Crippen LogP contribution is 2.26. The van der Waals surface area contributed by atoms with E-state index in [0.717, 1.165) is 4.90 Å². The van der Waals surface area contributed by atoms with E-state index in [2.05, 4.69) is 5.32 Å². The number of para-hydroxylation sites is 2. The van der Waals surface area contributed by atoms with Crippen molar-refractivity contribution in [1.29, 1.82) is 0 Å². The SMILES string of the molecule is O=CN(C(=O)c1ccccc1)c1ccccc1NC(=O)c1ccccc1. The molecule has 0 aliphatic rings. The highest BCUT2D eigenvalue weighted by atomic mass is 16.2. The van der Waals surface area contributed by atoms with Crippen LogP contribution in [0, 0.1) is 0 Å². The van der Waals surface area contributed by atoms with Crippen LogP contribution in [0.4, 0.5) is 11.4 Å². The molecule has 26 heavy (non-hydrogen) atoms. The molecule has 3 aromatic carbocycles. The number of carbonyl (C=O) groups excluding carboxylic acids is 3. The fraction of sp³-hybridized carbons (Fsp3) is 0. The normalized spacial score (nSPS) is 10.0.